The van der Waals surface area contributed by atoms with Gasteiger partial charge in [0.05, 0.1) is 5.56 Å². The molecular weight excluding hydrogens is 270 g/mol. The lowest BCUT2D eigenvalue weighted by molar-refractivity contribution is 0.0939. The Morgan fingerprint density at radius 3 is 2.90 bits per heavy atom. The van der Waals surface area contributed by atoms with Crippen LogP contribution in [0.3, 0.4) is 0 Å². The predicted octanol–water partition coefficient (Wildman–Crippen LogP) is 2.29. The van der Waals surface area contributed by atoms with Crippen LogP contribution in [0.15, 0.2) is 24.3 Å². The number of carbonyl (C=O) groups is 1. The van der Waals surface area contributed by atoms with Crippen molar-refractivity contribution in [1.29, 1.82) is 0 Å². The van der Waals surface area contributed by atoms with Crippen LogP contribution in [-0.4, -0.2) is 35.2 Å². The maximum Gasteiger partial charge on any atom is 0.252 e. The fraction of sp³-hybridized carbons (Fsp3) is 0.438. The molecule has 1 aromatic rings. The van der Waals surface area contributed by atoms with Crippen molar-refractivity contribution in [2.45, 2.75) is 26.3 Å². The van der Waals surface area contributed by atoms with Gasteiger partial charge in [0.25, 0.3) is 5.91 Å². The van der Waals surface area contributed by atoms with Crippen molar-refractivity contribution in [1.82, 2.24) is 5.32 Å². The van der Waals surface area contributed by atoms with E-state index >= 15 is 0 Å². The minimum absolute atomic E-state index is 0.109. The van der Waals surface area contributed by atoms with Crippen LogP contribution in [0.5, 0.6) is 0 Å². The Balaban J connectivity index is 2.67. The lowest BCUT2D eigenvalue weighted by Gasteiger charge is -2.14. The first-order valence-electron chi connectivity index (χ1n) is 6.76. The van der Waals surface area contributed by atoms with Crippen molar-refractivity contribution < 1.29 is 9.90 Å². The molecule has 4 heteroatoms. The number of hydrogen-bond donors (Lipinski definition) is 2. The first kappa shape index (κ1) is 16.6. The number of aliphatic hydroxyl groups excluding tert-OH is 1. The molecule has 0 fully saturated rings. The number of benzene rings is 1. The Morgan fingerprint density at radius 2 is 2.20 bits per heavy atom. The van der Waals surface area contributed by atoms with Crippen molar-refractivity contribution in [2.75, 3.05) is 18.1 Å². The topological polar surface area (TPSA) is 49.3 Å². The molecule has 108 valence electrons. The lowest BCUT2D eigenvalue weighted by Crippen LogP contribution is -2.33. The van der Waals surface area contributed by atoms with Gasteiger partial charge in [-0.1, -0.05) is 30.9 Å². The summed E-state index contributed by atoms with van der Waals surface area (Å²) in [6.07, 6.45) is 0.953. The van der Waals surface area contributed by atoms with Crippen molar-refractivity contribution in [3.63, 3.8) is 0 Å². The summed E-state index contributed by atoms with van der Waals surface area (Å²) >= 11 is 1.87. The molecule has 0 aliphatic carbocycles. The number of amides is 1. The minimum atomic E-state index is -0.208. The standard InChI is InChI=1S/C16H21NO2S/c1-3-20-12-10-13(2)17-16(19)15-9-5-4-7-14(15)8-6-11-18/h4-5,7,9,13,18H,3,10-12H2,1-2H3,(H,17,19). The quantitative estimate of drug-likeness (QED) is 0.624. The number of hydrogen-bond acceptors (Lipinski definition) is 3. The highest BCUT2D eigenvalue weighted by Crippen LogP contribution is 2.09. The van der Waals surface area contributed by atoms with Gasteiger partial charge in [0.1, 0.15) is 6.61 Å². The van der Waals surface area contributed by atoms with Crippen molar-refractivity contribution >= 4 is 17.7 Å². The average Bonchev–Trinajstić information content (AvgIpc) is 2.45. The predicted molar refractivity (Wildman–Crippen MR) is 85.0 cm³/mol. The zero-order chi connectivity index (χ0) is 14.8. The molecule has 0 saturated carbocycles. The van der Waals surface area contributed by atoms with Crippen LogP contribution in [0.1, 0.15) is 36.2 Å². The van der Waals surface area contributed by atoms with E-state index in [1.807, 2.05) is 30.8 Å². The van der Waals surface area contributed by atoms with Crippen LogP contribution < -0.4 is 5.32 Å². The maximum absolute atomic E-state index is 12.2. The highest BCUT2D eigenvalue weighted by molar-refractivity contribution is 7.99. The van der Waals surface area contributed by atoms with E-state index in [4.69, 9.17) is 5.11 Å². The van der Waals surface area contributed by atoms with Crippen molar-refractivity contribution in [3.05, 3.63) is 35.4 Å². The normalized spacial score (nSPS) is 11.3. The zero-order valence-corrected chi connectivity index (χ0v) is 12.8. The van der Waals surface area contributed by atoms with E-state index in [1.54, 1.807) is 12.1 Å². The molecule has 0 aromatic heterocycles. The third-order valence-corrected chi connectivity index (χ3v) is 3.68. The molecule has 1 aromatic carbocycles. The monoisotopic (exact) mass is 291 g/mol. The largest absolute Gasteiger partial charge is 0.384 e. The zero-order valence-electron chi connectivity index (χ0n) is 12.0. The maximum atomic E-state index is 12.2. The number of nitrogens with one attached hydrogen (secondary N) is 1. The van der Waals surface area contributed by atoms with Gasteiger partial charge >= 0.3 is 0 Å². The lowest BCUT2D eigenvalue weighted by atomic mass is 10.1. The highest BCUT2D eigenvalue weighted by atomic mass is 32.2. The fourth-order valence-electron chi connectivity index (χ4n) is 1.70. The molecular formula is C16H21NO2S. The van der Waals surface area contributed by atoms with Crippen LogP contribution >= 0.6 is 11.8 Å². The van der Waals surface area contributed by atoms with Gasteiger partial charge in [0.15, 0.2) is 0 Å². The van der Waals surface area contributed by atoms with E-state index < -0.39 is 0 Å². The molecule has 1 amide bonds. The molecule has 1 rings (SSSR count). The second kappa shape index (κ2) is 9.46. The van der Waals surface area contributed by atoms with E-state index in [1.165, 1.54) is 0 Å². The van der Waals surface area contributed by atoms with Gasteiger partial charge in [0.2, 0.25) is 0 Å². The summed E-state index contributed by atoms with van der Waals surface area (Å²) in [5.41, 5.74) is 1.21. The third kappa shape index (κ3) is 5.68. The first-order chi connectivity index (χ1) is 9.69. The van der Waals surface area contributed by atoms with E-state index in [-0.39, 0.29) is 18.6 Å². The van der Waals surface area contributed by atoms with Gasteiger partial charge < -0.3 is 10.4 Å². The fourth-order valence-corrected chi connectivity index (χ4v) is 2.51. The Labute approximate surface area is 125 Å². The molecule has 0 bridgehead atoms. The Kier molecular flexibility index (Phi) is 7.86. The second-order valence-electron chi connectivity index (χ2n) is 4.37. The van der Waals surface area contributed by atoms with E-state index in [9.17, 15) is 4.79 Å². The Hall–Kier alpha value is -1.44. The molecule has 0 aliphatic rings. The molecule has 0 saturated heterocycles. The average molecular weight is 291 g/mol. The molecule has 3 nitrogen and oxygen atoms in total. The summed E-state index contributed by atoms with van der Waals surface area (Å²) < 4.78 is 0. The summed E-state index contributed by atoms with van der Waals surface area (Å²) in [5, 5.41) is 11.7. The summed E-state index contributed by atoms with van der Waals surface area (Å²) in [6.45, 7) is 3.93. The summed E-state index contributed by atoms with van der Waals surface area (Å²) in [7, 11) is 0. The Bertz CT molecular complexity index is 491. The summed E-state index contributed by atoms with van der Waals surface area (Å²) in [5.74, 6) is 7.42. The first-order valence-corrected chi connectivity index (χ1v) is 7.91. The van der Waals surface area contributed by atoms with Gasteiger partial charge in [-0.3, -0.25) is 4.79 Å². The molecule has 0 heterocycles. The Morgan fingerprint density at radius 1 is 1.45 bits per heavy atom. The number of aliphatic hydroxyl groups is 1. The molecule has 1 atom stereocenters. The number of rotatable bonds is 6. The van der Waals surface area contributed by atoms with E-state index in [0.29, 0.717) is 11.1 Å². The van der Waals surface area contributed by atoms with Gasteiger partial charge in [-0.15, -0.1) is 0 Å². The molecule has 1 unspecified atom stereocenters. The molecule has 0 spiro atoms. The van der Waals surface area contributed by atoms with Crippen LogP contribution in [0.4, 0.5) is 0 Å². The van der Waals surface area contributed by atoms with Gasteiger partial charge in [-0.25, -0.2) is 0 Å². The minimum Gasteiger partial charge on any atom is -0.384 e. The third-order valence-electron chi connectivity index (χ3n) is 2.75. The van der Waals surface area contributed by atoms with Crippen LogP contribution in [0.25, 0.3) is 0 Å². The molecule has 0 radical (unpaired) electrons. The van der Waals surface area contributed by atoms with E-state index in [0.717, 1.165) is 17.9 Å². The van der Waals surface area contributed by atoms with Gasteiger partial charge in [0, 0.05) is 11.6 Å². The smallest absolute Gasteiger partial charge is 0.252 e. The highest BCUT2D eigenvalue weighted by Gasteiger charge is 2.12. The molecule has 0 aliphatic heterocycles. The second-order valence-corrected chi connectivity index (χ2v) is 5.76. The molecule has 2 N–H and O–H groups in total. The summed E-state index contributed by atoms with van der Waals surface area (Å²) in [4.78, 5) is 12.2. The van der Waals surface area contributed by atoms with Gasteiger partial charge in [-0.2, -0.15) is 11.8 Å². The number of carbonyl (C=O) groups excluding carboxylic acids is 1. The summed E-state index contributed by atoms with van der Waals surface area (Å²) in [6, 6.07) is 7.33. The SMILES string of the molecule is CCSCCC(C)NC(=O)c1ccccc1C#CCO. The van der Waals surface area contributed by atoms with Crippen LogP contribution in [0, 0.1) is 11.8 Å². The van der Waals surface area contributed by atoms with Crippen LogP contribution in [-0.2, 0) is 0 Å². The van der Waals surface area contributed by atoms with Gasteiger partial charge in [-0.05, 0) is 37.0 Å². The van der Waals surface area contributed by atoms with Crippen molar-refractivity contribution in [2.24, 2.45) is 0 Å². The molecule has 20 heavy (non-hydrogen) atoms. The van der Waals surface area contributed by atoms with Crippen molar-refractivity contribution in [3.8, 4) is 11.8 Å². The number of thioether (sulfide) groups is 1. The van der Waals surface area contributed by atoms with E-state index in [2.05, 4.69) is 24.1 Å². The van der Waals surface area contributed by atoms with Crippen LogP contribution in [0.2, 0.25) is 0 Å².